The van der Waals surface area contributed by atoms with E-state index in [1.807, 2.05) is 18.2 Å². The van der Waals surface area contributed by atoms with Crippen molar-refractivity contribution in [3.05, 3.63) is 56.5 Å². The quantitative estimate of drug-likeness (QED) is 0.232. The minimum absolute atomic E-state index is 0.00155. The Morgan fingerprint density at radius 3 is 2.21 bits per heavy atom. The zero-order chi connectivity index (χ0) is 25.3. The topological polar surface area (TPSA) is 97.9 Å². The van der Waals surface area contributed by atoms with Gasteiger partial charge < -0.3 is 14.2 Å². The number of halogens is 2. The molecule has 0 fully saturated rings. The highest BCUT2D eigenvalue weighted by Crippen LogP contribution is 2.31. The first-order chi connectivity index (χ1) is 16.0. The second-order valence-electron chi connectivity index (χ2n) is 8.13. The summed E-state index contributed by atoms with van der Waals surface area (Å²) in [4.78, 5) is 24.5. The number of hydrogen-bond acceptors (Lipinski definition) is 6. The van der Waals surface area contributed by atoms with Gasteiger partial charge in [-0.1, -0.05) is 26.8 Å². The van der Waals surface area contributed by atoms with Crippen molar-refractivity contribution in [1.82, 2.24) is 16.2 Å². The van der Waals surface area contributed by atoms with E-state index in [9.17, 15) is 9.59 Å². The lowest BCUT2D eigenvalue weighted by atomic mass is 9.87. The molecular formula is C23H27Br2N3O5S. The zero-order valence-corrected chi connectivity index (χ0v) is 23.3. The smallest absolute Gasteiger partial charge is 0.276 e. The van der Waals surface area contributed by atoms with Crippen molar-refractivity contribution >= 4 is 61.0 Å². The first-order valence-corrected chi connectivity index (χ1v) is 12.2. The third-order valence-corrected chi connectivity index (χ3v) is 5.88. The Kier molecular flexibility index (Phi) is 10.7. The predicted molar refractivity (Wildman–Crippen MR) is 141 cm³/mol. The average molecular weight is 617 g/mol. The van der Waals surface area contributed by atoms with Crippen LogP contribution in [0.1, 0.15) is 36.7 Å². The number of nitrogens with one attached hydrogen (secondary N) is 3. The van der Waals surface area contributed by atoms with E-state index in [0.717, 1.165) is 10.0 Å². The SMILES string of the molecule is COCCOc1ccc(C(=O)NC(=S)NNC(=O)COc2ccc(C(C)(C)C)cc2Br)cc1Br. The second kappa shape index (κ2) is 13.0. The molecular weight excluding hydrogens is 590 g/mol. The zero-order valence-electron chi connectivity index (χ0n) is 19.3. The van der Waals surface area contributed by atoms with Crippen LogP contribution in [0.15, 0.2) is 45.3 Å². The van der Waals surface area contributed by atoms with E-state index in [1.54, 1.807) is 25.3 Å². The fourth-order valence-corrected chi connectivity index (χ4v) is 3.72. The molecule has 0 aliphatic rings. The molecule has 0 aliphatic carbocycles. The minimum atomic E-state index is -0.469. The standard InChI is InChI=1S/C23H27Br2N3O5S/c1-23(2,3)15-6-8-19(17(25)12-15)33-13-20(29)27-28-22(34)26-21(30)14-5-7-18(16(24)11-14)32-10-9-31-4/h5-8,11-12H,9-10,13H2,1-4H3,(H,27,29)(H2,26,28,30,34). The van der Waals surface area contributed by atoms with Crippen molar-refractivity contribution in [1.29, 1.82) is 0 Å². The molecule has 0 aliphatic heterocycles. The monoisotopic (exact) mass is 615 g/mol. The average Bonchev–Trinajstić information content (AvgIpc) is 2.77. The van der Waals surface area contributed by atoms with Crippen molar-refractivity contribution in [3.63, 3.8) is 0 Å². The lowest BCUT2D eigenvalue weighted by molar-refractivity contribution is -0.123. The summed E-state index contributed by atoms with van der Waals surface area (Å²) in [6.45, 7) is 6.94. The maximum absolute atomic E-state index is 12.4. The van der Waals surface area contributed by atoms with Crippen LogP contribution in [-0.4, -0.2) is 43.9 Å². The van der Waals surface area contributed by atoms with Crippen molar-refractivity contribution < 1.29 is 23.8 Å². The maximum Gasteiger partial charge on any atom is 0.276 e. The summed E-state index contributed by atoms with van der Waals surface area (Å²) in [7, 11) is 1.59. The maximum atomic E-state index is 12.4. The summed E-state index contributed by atoms with van der Waals surface area (Å²) in [5, 5.41) is 2.43. The molecule has 0 bridgehead atoms. The van der Waals surface area contributed by atoms with Gasteiger partial charge in [0, 0.05) is 12.7 Å². The molecule has 34 heavy (non-hydrogen) atoms. The van der Waals surface area contributed by atoms with E-state index in [0.29, 0.717) is 34.7 Å². The molecule has 8 nitrogen and oxygen atoms in total. The highest BCUT2D eigenvalue weighted by Gasteiger charge is 2.16. The molecule has 184 valence electrons. The minimum Gasteiger partial charge on any atom is -0.490 e. The van der Waals surface area contributed by atoms with Crippen molar-refractivity contribution in [3.8, 4) is 11.5 Å². The molecule has 0 aromatic heterocycles. The number of rotatable bonds is 8. The van der Waals surface area contributed by atoms with Gasteiger partial charge in [-0.05, 0) is 85.4 Å². The molecule has 0 atom stereocenters. The number of hydrazine groups is 1. The van der Waals surface area contributed by atoms with E-state index in [1.165, 1.54) is 0 Å². The van der Waals surface area contributed by atoms with Gasteiger partial charge in [-0.25, -0.2) is 0 Å². The number of carbonyl (C=O) groups excluding carboxylic acids is 2. The third kappa shape index (κ3) is 8.86. The Morgan fingerprint density at radius 1 is 0.941 bits per heavy atom. The molecule has 3 N–H and O–H groups in total. The Hall–Kier alpha value is -2.21. The molecule has 0 saturated carbocycles. The van der Waals surface area contributed by atoms with Gasteiger partial charge >= 0.3 is 0 Å². The van der Waals surface area contributed by atoms with Crippen LogP contribution in [0.25, 0.3) is 0 Å². The second-order valence-corrected chi connectivity index (χ2v) is 10.2. The van der Waals surface area contributed by atoms with Crippen LogP contribution in [0.3, 0.4) is 0 Å². The van der Waals surface area contributed by atoms with Crippen LogP contribution in [0.5, 0.6) is 11.5 Å². The highest BCUT2D eigenvalue weighted by atomic mass is 79.9. The largest absolute Gasteiger partial charge is 0.490 e. The fraction of sp³-hybridized carbons (Fsp3) is 0.348. The number of thiocarbonyl (C=S) groups is 1. The number of benzene rings is 2. The van der Waals surface area contributed by atoms with E-state index in [2.05, 4.69) is 68.8 Å². The number of hydrogen-bond donors (Lipinski definition) is 3. The van der Waals surface area contributed by atoms with Crippen LogP contribution in [0, 0.1) is 0 Å². The van der Waals surface area contributed by atoms with Gasteiger partial charge in [-0.15, -0.1) is 0 Å². The number of amides is 2. The Balaban J connectivity index is 1.79. The normalized spacial score (nSPS) is 10.9. The third-order valence-electron chi connectivity index (χ3n) is 4.44. The van der Waals surface area contributed by atoms with Crippen molar-refractivity contribution in [2.75, 3.05) is 26.9 Å². The van der Waals surface area contributed by atoms with E-state index in [-0.39, 0.29) is 17.1 Å². The molecule has 0 saturated heterocycles. The number of carbonyl (C=O) groups is 2. The summed E-state index contributed by atoms with van der Waals surface area (Å²) in [5.41, 5.74) is 6.36. The Labute approximate surface area is 221 Å². The van der Waals surface area contributed by atoms with Crippen molar-refractivity contribution in [2.45, 2.75) is 26.2 Å². The molecule has 2 rings (SSSR count). The van der Waals surface area contributed by atoms with Crippen LogP contribution < -0.4 is 25.6 Å². The van der Waals surface area contributed by atoms with E-state index >= 15 is 0 Å². The van der Waals surface area contributed by atoms with Gasteiger partial charge in [0.05, 0.1) is 15.6 Å². The van der Waals surface area contributed by atoms with Crippen molar-refractivity contribution in [2.24, 2.45) is 0 Å². The summed E-state index contributed by atoms with van der Waals surface area (Å²) in [6.07, 6.45) is 0. The first kappa shape index (κ1) is 28.0. The summed E-state index contributed by atoms with van der Waals surface area (Å²) in [5.74, 6) is 0.208. The molecule has 0 unspecified atom stereocenters. The first-order valence-electron chi connectivity index (χ1n) is 10.3. The van der Waals surface area contributed by atoms with Gasteiger partial charge in [0.1, 0.15) is 18.1 Å². The Bertz CT molecular complexity index is 1040. The van der Waals surface area contributed by atoms with Gasteiger partial charge in [-0.3, -0.25) is 25.8 Å². The van der Waals surface area contributed by atoms with Crippen LogP contribution in [0.2, 0.25) is 0 Å². The summed E-state index contributed by atoms with van der Waals surface area (Å²) < 4.78 is 17.4. The van der Waals surface area contributed by atoms with Gasteiger partial charge in [-0.2, -0.15) is 0 Å². The van der Waals surface area contributed by atoms with Crippen LogP contribution in [0.4, 0.5) is 0 Å². The molecule has 0 heterocycles. The van der Waals surface area contributed by atoms with Crippen LogP contribution >= 0.6 is 44.1 Å². The number of ether oxygens (including phenoxy) is 3. The molecule has 2 aromatic carbocycles. The lowest BCUT2D eigenvalue weighted by Gasteiger charge is -2.20. The summed E-state index contributed by atoms with van der Waals surface area (Å²) in [6, 6.07) is 10.6. The molecule has 11 heteroatoms. The number of methoxy groups -OCH3 is 1. The fourth-order valence-electron chi connectivity index (χ4n) is 2.59. The molecule has 0 radical (unpaired) electrons. The molecule has 0 spiro atoms. The predicted octanol–water partition coefficient (Wildman–Crippen LogP) is 4.25. The molecule has 2 aromatic rings. The van der Waals surface area contributed by atoms with Gasteiger partial charge in [0.2, 0.25) is 0 Å². The lowest BCUT2D eigenvalue weighted by Crippen LogP contribution is -2.49. The Morgan fingerprint density at radius 2 is 1.59 bits per heavy atom. The highest BCUT2D eigenvalue weighted by molar-refractivity contribution is 9.10. The van der Waals surface area contributed by atoms with Crippen LogP contribution in [-0.2, 0) is 14.9 Å². The molecule has 2 amide bonds. The van der Waals surface area contributed by atoms with Gasteiger partial charge in [0.25, 0.3) is 11.8 Å². The van der Waals surface area contributed by atoms with E-state index < -0.39 is 11.8 Å². The van der Waals surface area contributed by atoms with E-state index in [4.69, 9.17) is 26.4 Å². The summed E-state index contributed by atoms with van der Waals surface area (Å²) >= 11 is 11.9. The van der Waals surface area contributed by atoms with Gasteiger partial charge in [0.15, 0.2) is 11.7 Å².